The molecule has 0 bridgehead atoms. The van der Waals surface area contributed by atoms with Gasteiger partial charge < -0.3 is 24.4 Å². The first kappa shape index (κ1) is 32.9. The number of benzene rings is 3. The van der Waals surface area contributed by atoms with Crippen LogP contribution in [0.1, 0.15) is 53.7 Å². The number of anilines is 2. The zero-order valence-electron chi connectivity index (χ0n) is 27.4. The predicted octanol–water partition coefficient (Wildman–Crippen LogP) is 5.85. The molecule has 0 aliphatic heterocycles. The second-order valence-corrected chi connectivity index (χ2v) is 11.3. The number of fused-ring (bicyclic) bond motifs is 1. The van der Waals surface area contributed by atoms with Gasteiger partial charge in [0.2, 0.25) is 5.95 Å². The fourth-order valence-electron chi connectivity index (χ4n) is 5.31. The number of rotatable bonds is 14. The lowest BCUT2D eigenvalue weighted by molar-refractivity contribution is 0.0600. The minimum atomic E-state index is -0.421. The van der Waals surface area contributed by atoms with Crippen LogP contribution in [-0.2, 0) is 24.4 Å². The first-order valence-electron chi connectivity index (χ1n) is 15.5. The molecule has 47 heavy (non-hydrogen) atoms. The molecule has 5 aromatic rings. The molecule has 1 atom stereocenters. The molecule has 1 unspecified atom stereocenters. The minimum absolute atomic E-state index is 0.0643. The largest absolute Gasteiger partial charge is 0.497 e. The second kappa shape index (κ2) is 15.2. The second-order valence-electron chi connectivity index (χ2n) is 11.3. The lowest BCUT2D eigenvalue weighted by atomic mass is 10.1. The SMILES string of the molecule is CCCC(C)Nc1nc(N(Cc2ccc(OC)cc2)Cc2ccc(OC)cc2)nc2cnn(Cc3ccc(C(=O)OC)cc3)c(=O)c12. The van der Waals surface area contributed by atoms with Crippen LogP contribution in [0, 0.1) is 0 Å². The molecule has 0 amide bonds. The molecule has 244 valence electrons. The molecule has 0 aliphatic carbocycles. The Morgan fingerprint density at radius 3 is 1.96 bits per heavy atom. The Morgan fingerprint density at radius 1 is 0.851 bits per heavy atom. The van der Waals surface area contributed by atoms with Crippen LogP contribution in [0.15, 0.2) is 83.8 Å². The maximum absolute atomic E-state index is 14.0. The van der Waals surface area contributed by atoms with E-state index in [1.54, 1.807) is 44.7 Å². The van der Waals surface area contributed by atoms with Crippen molar-refractivity contribution < 1.29 is 19.0 Å². The van der Waals surface area contributed by atoms with Gasteiger partial charge in [-0.2, -0.15) is 10.1 Å². The van der Waals surface area contributed by atoms with Gasteiger partial charge in [0, 0.05) is 19.1 Å². The van der Waals surface area contributed by atoms with Crippen LogP contribution in [0.2, 0.25) is 0 Å². The number of nitrogens with zero attached hydrogens (tertiary/aromatic N) is 5. The van der Waals surface area contributed by atoms with Crippen LogP contribution in [0.5, 0.6) is 11.5 Å². The van der Waals surface area contributed by atoms with Gasteiger partial charge in [-0.15, -0.1) is 0 Å². The van der Waals surface area contributed by atoms with Gasteiger partial charge in [-0.3, -0.25) is 4.79 Å². The lowest BCUT2D eigenvalue weighted by Crippen LogP contribution is -2.29. The Labute approximate surface area is 274 Å². The molecule has 1 N–H and O–H groups in total. The summed E-state index contributed by atoms with van der Waals surface area (Å²) in [5.74, 6) is 2.05. The van der Waals surface area contributed by atoms with Crippen molar-refractivity contribution >= 4 is 28.6 Å². The van der Waals surface area contributed by atoms with E-state index in [2.05, 4.69) is 29.2 Å². The van der Waals surface area contributed by atoms with Crippen molar-refractivity contribution in [2.75, 3.05) is 31.5 Å². The molecule has 0 spiro atoms. The van der Waals surface area contributed by atoms with Gasteiger partial charge in [0.15, 0.2) is 0 Å². The number of ether oxygens (including phenoxy) is 3. The zero-order chi connectivity index (χ0) is 33.3. The third-order valence-corrected chi connectivity index (χ3v) is 7.85. The van der Waals surface area contributed by atoms with E-state index in [9.17, 15) is 9.59 Å². The number of carbonyl (C=O) groups is 1. The molecule has 3 aromatic carbocycles. The van der Waals surface area contributed by atoms with Gasteiger partial charge in [0.1, 0.15) is 28.2 Å². The molecule has 2 heterocycles. The van der Waals surface area contributed by atoms with E-state index >= 15 is 0 Å². The summed E-state index contributed by atoms with van der Waals surface area (Å²) in [7, 11) is 4.63. The molecule has 0 aliphatic rings. The van der Waals surface area contributed by atoms with E-state index in [1.807, 2.05) is 48.5 Å². The molecule has 5 rings (SSSR count). The Kier molecular flexibility index (Phi) is 10.7. The van der Waals surface area contributed by atoms with Crippen LogP contribution in [-0.4, -0.2) is 53.1 Å². The third kappa shape index (κ3) is 8.04. The standard InChI is InChI=1S/C36H40N6O5/c1-6-7-24(2)38-33-32-31(20-37-42(34(32)43)23-27-8-14-28(15-9-27)35(44)47-5)39-36(40-33)41(21-25-10-16-29(45-3)17-11-25)22-26-12-18-30(46-4)19-13-26/h8-20,24H,6-7,21-23H2,1-5H3,(H,38,39,40). The van der Waals surface area contributed by atoms with Crippen molar-refractivity contribution in [1.29, 1.82) is 0 Å². The summed E-state index contributed by atoms with van der Waals surface area (Å²) >= 11 is 0. The zero-order valence-corrected chi connectivity index (χ0v) is 27.4. The lowest BCUT2D eigenvalue weighted by Gasteiger charge is -2.25. The first-order chi connectivity index (χ1) is 22.8. The summed E-state index contributed by atoms with van der Waals surface area (Å²) in [6, 6.07) is 22.7. The van der Waals surface area contributed by atoms with Gasteiger partial charge in [0.25, 0.3) is 5.56 Å². The molecular weight excluding hydrogens is 596 g/mol. The van der Waals surface area contributed by atoms with E-state index in [4.69, 9.17) is 24.2 Å². The average Bonchev–Trinajstić information content (AvgIpc) is 3.09. The van der Waals surface area contributed by atoms with Crippen LogP contribution in [0.3, 0.4) is 0 Å². The Balaban J connectivity index is 1.56. The van der Waals surface area contributed by atoms with E-state index in [0.717, 1.165) is 41.0 Å². The average molecular weight is 637 g/mol. The number of hydrogen-bond acceptors (Lipinski definition) is 10. The normalized spacial score (nSPS) is 11.6. The van der Waals surface area contributed by atoms with Crippen LogP contribution >= 0.6 is 0 Å². The number of methoxy groups -OCH3 is 3. The molecule has 0 saturated carbocycles. The molecule has 11 heteroatoms. The summed E-state index contributed by atoms with van der Waals surface area (Å²) in [4.78, 5) is 37.8. The quantitative estimate of drug-likeness (QED) is 0.149. The monoisotopic (exact) mass is 636 g/mol. The molecule has 0 radical (unpaired) electrons. The molecule has 2 aromatic heterocycles. The van der Waals surface area contributed by atoms with Crippen LogP contribution < -0.4 is 25.2 Å². The highest BCUT2D eigenvalue weighted by molar-refractivity contribution is 5.89. The molecular formula is C36H40N6O5. The topological polar surface area (TPSA) is 121 Å². The Bertz CT molecular complexity index is 1810. The van der Waals surface area contributed by atoms with Crippen molar-refractivity contribution in [3.05, 3.63) is 112 Å². The van der Waals surface area contributed by atoms with Crippen molar-refractivity contribution in [3.63, 3.8) is 0 Å². The molecule has 11 nitrogen and oxygen atoms in total. The summed E-state index contributed by atoms with van der Waals surface area (Å²) < 4.78 is 16.9. The third-order valence-electron chi connectivity index (χ3n) is 7.85. The summed E-state index contributed by atoms with van der Waals surface area (Å²) in [6.07, 6.45) is 3.48. The highest BCUT2D eigenvalue weighted by Gasteiger charge is 2.20. The molecule has 0 saturated heterocycles. The van der Waals surface area contributed by atoms with Gasteiger partial charge in [-0.25, -0.2) is 14.5 Å². The smallest absolute Gasteiger partial charge is 0.337 e. The number of hydrogen-bond donors (Lipinski definition) is 1. The summed E-state index contributed by atoms with van der Waals surface area (Å²) in [6.45, 7) is 5.43. The van der Waals surface area contributed by atoms with Crippen LogP contribution in [0.25, 0.3) is 10.9 Å². The minimum Gasteiger partial charge on any atom is -0.497 e. The van der Waals surface area contributed by atoms with Gasteiger partial charge in [-0.1, -0.05) is 49.7 Å². The van der Waals surface area contributed by atoms with Crippen molar-refractivity contribution in [3.8, 4) is 11.5 Å². The first-order valence-corrected chi connectivity index (χ1v) is 15.5. The Morgan fingerprint density at radius 2 is 1.43 bits per heavy atom. The highest BCUT2D eigenvalue weighted by Crippen LogP contribution is 2.26. The van der Waals surface area contributed by atoms with E-state index in [1.165, 1.54) is 11.8 Å². The summed E-state index contributed by atoms with van der Waals surface area (Å²) in [5.41, 5.74) is 3.46. The van der Waals surface area contributed by atoms with E-state index < -0.39 is 5.97 Å². The predicted molar refractivity (Wildman–Crippen MR) is 182 cm³/mol. The highest BCUT2D eigenvalue weighted by atomic mass is 16.5. The van der Waals surface area contributed by atoms with Crippen molar-refractivity contribution in [2.45, 2.75) is 52.4 Å². The maximum atomic E-state index is 14.0. The Hall–Kier alpha value is -5.45. The fourth-order valence-corrected chi connectivity index (χ4v) is 5.31. The van der Waals surface area contributed by atoms with Crippen LogP contribution in [0.4, 0.5) is 11.8 Å². The molecule has 0 fully saturated rings. The maximum Gasteiger partial charge on any atom is 0.337 e. The number of esters is 1. The number of nitrogens with one attached hydrogen (secondary N) is 1. The number of carbonyl (C=O) groups excluding carboxylic acids is 1. The van der Waals surface area contributed by atoms with E-state index in [-0.39, 0.29) is 18.1 Å². The van der Waals surface area contributed by atoms with Gasteiger partial charge in [0.05, 0.1) is 39.6 Å². The van der Waals surface area contributed by atoms with Crippen molar-refractivity contribution in [1.82, 2.24) is 19.7 Å². The number of aromatic nitrogens is 4. The fraction of sp³-hybridized carbons (Fsp3) is 0.306. The van der Waals surface area contributed by atoms with Gasteiger partial charge in [-0.05, 0) is 66.4 Å². The summed E-state index contributed by atoms with van der Waals surface area (Å²) in [5, 5.41) is 8.35. The van der Waals surface area contributed by atoms with Crippen molar-refractivity contribution in [2.24, 2.45) is 0 Å². The van der Waals surface area contributed by atoms with Gasteiger partial charge >= 0.3 is 5.97 Å². The van der Waals surface area contributed by atoms with E-state index in [0.29, 0.717) is 41.3 Å².